The number of aliphatic carboxylic acids is 1. The Bertz CT molecular complexity index is 334. The molecule has 1 aliphatic heterocycles. The fourth-order valence-corrected chi connectivity index (χ4v) is 2.14. The van der Waals surface area contributed by atoms with Crippen LogP contribution in [-0.2, 0) is 4.79 Å². The number of carbonyl (C=O) groups is 2. The van der Waals surface area contributed by atoms with Crippen LogP contribution >= 0.6 is 0 Å². The summed E-state index contributed by atoms with van der Waals surface area (Å²) in [4.78, 5) is 25.7. The van der Waals surface area contributed by atoms with Gasteiger partial charge in [0.05, 0.1) is 31.7 Å². The first-order valence-electron chi connectivity index (χ1n) is 6.12. The summed E-state index contributed by atoms with van der Waals surface area (Å²) in [5.74, 6) is -0.935. The maximum Gasteiger partial charge on any atom is 0.320 e. The van der Waals surface area contributed by atoms with E-state index in [9.17, 15) is 19.8 Å². The lowest BCUT2D eigenvalue weighted by Crippen LogP contribution is -2.44. The molecule has 0 bridgehead atoms. The fraction of sp³-hybridized carbons (Fsp3) is 0.818. The third-order valence-corrected chi connectivity index (χ3v) is 3.33. The summed E-state index contributed by atoms with van der Waals surface area (Å²) in [6.07, 6.45) is -0.112. The molecule has 2 aliphatic rings. The van der Waals surface area contributed by atoms with Gasteiger partial charge < -0.3 is 25.1 Å². The van der Waals surface area contributed by atoms with Crippen molar-refractivity contribution in [3.8, 4) is 0 Å². The number of amides is 2. The van der Waals surface area contributed by atoms with Gasteiger partial charge in [0.1, 0.15) is 0 Å². The zero-order chi connectivity index (χ0) is 13.3. The number of likely N-dealkylation sites (tertiary alicyclic amines) is 1. The van der Waals surface area contributed by atoms with E-state index in [1.54, 1.807) is 4.90 Å². The Morgan fingerprint density at radius 2 is 1.72 bits per heavy atom. The molecule has 2 rings (SSSR count). The normalized spacial score (nSPS) is 27.3. The Morgan fingerprint density at radius 1 is 1.17 bits per heavy atom. The number of aliphatic hydroxyl groups is 2. The van der Waals surface area contributed by atoms with Crippen LogP contribution in [0.5, 0.6) is 0 Å². The van der Waals surface area contributed by atoms with Crippen molar-refractivity contribution in [2.24, 2.45) is 0 Å². The first-order valence-corrected chi connectivity index (χ1v) is 6.12. The van der Waals surface area contributed by atoms with E-state index in [1.165, 1.54) is 4.90 Å². The van der Waals surface area contributed by atoms with Crippen LogP contribution in [0.25, 0.3) is 0 Å². The molecule has 2 amide bonds. The number of carboxylic acids is 1. The van der Waals surface area contributed by atoms with Crippen molar-refractivity contribution in [1.82, 2.24) is 9.80 Å². The molecule has 0 aromatic rings. The highest BCUT2D eigenvalue weighted by Crippen LogP contribution is 2.28. The van der Waals surface area contributed by atoms with Crippen LogP contribution < -0.4 is 0 Å². The highest BCUT2D eigenvalue weighted by atomic mass is 16.4. The molecule has 1 aliphatic carbocycles. The van der Waals surface area contributed by atoms with E-state index < -0.39 is 18.2 Å². The van der Waals surface area contributed by atoms with Gasteiger partial charge in [-0.25, -0.2) is 4.79 Å². The second-order valence-electron chi connectivity index (χ2n) is 4.89. The molecule has 0 radical (unpaired) electrons. The second kappa shape index (κ2) is 5.11. The summed E-state index contributed by atoms with van der Waals surface area (Å²) in [5.41, 5.74) is 0. The van der Waals surface area contributed by atoms with Crippen LogP contribution in [0.15, 0.2) is 0 Å². The molecule has 102 valence electrons. The van der Waals surface area contributed by atoms with Gasteiger partial charge in [0.2, 0.25) is 0 Å². The van der Waals surface area contributed by atoms with Gasteiger partial charge in [0, 0.05) is 12.6 Å². The predicted octanol–water partition coefficient (Wildman–Crippen LogP) is -0.917. The van der Waals surface area contributed by atoms with Gasteiger partial charge in [0.25, 0.3) is 0 Å². The number of hydrogen-bond donors (Lipinski definition) is 3. The van der Waals surface area contributed by atoms with Crippen molar-refractivity contribution >= 4 is 12.0 Å². The van der Waals surface area contributed by atoms with E-state index in [-0.39, 0.29) is 38.1 Å². The maximum atomic E-state index is 12.2. The zero-order valence-corrected chi connectivity index (χ0v) is 10.0. The van der Waals surface area contributed by atoms with E-state index in [0.29, 0.717) is 0 Å². The number of aliphatic hydroxyl groups excluding tert-OH is 2. The second-order valence-corrected chi connectivity index (χ2v) is 4.89. The quantitative estimate of drug-likeness (QED) is 0.605. The zero-order valence-electron chi connectivity index (χ0n) is 10.0. The monoisotopic (exact) mass is 258 g/mol. The molecule has 3 N–H and O–H groups in total. The van der Waals surface area contributed by atoms with Crippen LogP contribution in [0, 0.1) is 0 Å². The summed E-state index contributed by atoms with van der Waals surface area (Å²) in [6, 6.07) is -0.166. The highest BCUT2D eigenvalue weighted by Gasteiger charge is 2.39. The largest absolute Gasteiger partial charge is 0.481 e. The van der Waals surface area contributed by atoms with Gasteiger partial charge in [-0.3, -0.25) is 4.79 Å². The van der Waals surface area contributed by atoms with E-state index in [4.69, 9.17) is 5.11 Å². The minimum Gasteiger partial charge on any atom is -0.481 e. The van der Waals surface area contributed by atoms with Crippen molar-refractivity contribution in [2.45, 2.75) is 37.5 Å². The number of nitrogens with zero attached hydrogens (tertiary/aromatic N) is 2. The lowest BCUT2D eigenvalue weighted by atomic mass is 10.3. The Balaban J connectivity index is 1.93. The summed E-state index contributed by atoms with van der Waals surface area (Å²) >= 11 is 0. The number of carboxylic acid groups (broad SMARTS) is 1. The summed E-state index contributed by atoms with van der Waals surface area (Å²) in [7, 11) is 0. The lowest BCUT2D eigenvalue weighted by molar-refractivity contribution is -0.137. The molecular weight excluding hydrogens is 240 g/mol. The Kier molecular flexibility index (Phi) is 3.72. The number of rotatable bonds is 4. The van der Waals surface area contributed by atoms with Gasteiger partial charge in [-0.15, -0.1) is 0 Å². The number of β-amino-alcohol motifs (C(OH)–C–C–N with tert-alkyl or cyclic N) is 2. The Morgan fingerprint density at radius 3 is 2.17 bits per heavy atom. The third-order valence-electron chi connectivity index (χ3n) is 3.33. The van der Waals surface area contributed by atoms with Crippen LogP contribution in [0.2, 0.25) is 0 Å². The van der Waals surface area contributed by atoms with Gasteiger partial charge in [-0.05, 0) is 12.8 Å². The lowest BCUT2D eigenvalue weighted by Gasteiger charge is -2.27. The van der Waals surface area contributed by atoms with Crippen molar-refractivity contribution in [3.63, 3.8) is 0 Å². The van der Waals surface area contributed by atoms with Crippen LogP contribution in [-0.4, -0.2) is 75.0 Å². The molecule has 2 unspecified atom stereocenters. The van der Waals surface area contributed by atoms with E-state index in [1.807, 2.05) is 0 Å². The van der Waals surface area contributed by atoms with Gasteiger partial charge in [0.15, 0.2) is 0 Å². The molecule has 0 aromatic heterocycles. The summed E-state index contributed by atoms with van der Waals surface area (Å²) in [6.45, 7) is 0.397. The summed E-state index contributed by atoms with van der Waals surface area (Å²) < 4.78 is 0. The molecule has 0 spiro atoms. The standard InChI is InChI=1S/C11H18N2O5/c14-8-5-12(6-9(8)15)11(18)13(7-1-2-7)4-3-10(16)17/h7-9,14-15H,1-6H2,(H,16,17). The third kappa shape index (κ3) is 2.91. The molecule has 1 heterocycles. The predicted molar refractivity (Wildman–Crippen MR) is 61.0 cm³/mol. The van der Waals surface area contributed by atoms with Gasteiger partial charge >= 0.3 is 12.0 Å². The van der Waals surface area contributed by atoms with E-state index in [2.05, 4.69) is 0 Å². The Labute approximate surface area is 105 Å². The molecule has 7 heteroatoms. The minimum atomic E-state index is -0.935. The molecule has 0 aromatic carbocycles. The van der Waals surface area contributed by atoms with Gasteiger partial charge in [-0.2, -0.15) is 0 Å². The number of carbonyl (C=O) groups excluding carboxylic acids is 1. The average molecular weight is 258 g/mol. The van der Waals surface area contributed by atoms with Crippen molar-refractivity contribution in [2.75, 3.05) is 19.6 Å². The van der Waals surface area contributed by atoms with E-state index >= 15 is 0 Å². The SMILES string of the molecule is O=C(O)CCN(C(=O)N1CC(O)C(O)C1)C1CC1. The van der Waals surface area contributed by atoms with Crippen LogP contribution in [0.4, 0.5) is 4.79 Å². The molecule has 1 saturated heterocycles. The molecular formula is C11H18N2O5. The first kappa shape index (κ1) is 13.1. The molecule has 2 atom stereocenters. The summed E-state index contributed by atoms with van der Waals surface area (Å²) in [5, 5.41) is 27.5. The first-order chi connectivity index (χ1) is 8.49. The van der Waals surface area contributed by atoms with E-state index in [0.717, 1.165) is 12.8 Å². The van der Waals surface area contributed by atoms with Gasteiger partial charge in [-0.1, -0.05) is 0 Å². The van der Waals surface area contributed by atoms with Crippen LogP contribution in [0.3, 0.4) is 0 Å². The molecule has 18 heavy (non-hydrogen) atoms. The average Bonchev–Trinajstić information content (AvgIpc) is 3.06. The van der Waals surface area contributed by atoms with Crippen molar-refractivity contribution in [3.05, 3.63) is 0 Å². The topological polar surface area (TPSA) is 101 Å². The minimum absolute atomic E-state index is 0.0822. The highest BCUT2D eigenvalue weighted by molar-refractivity contribution is 5.76. The fourth-order valence-electron chi connectivity index (χ4n) is 2.14. The molecule has 7 nitrogen and oxygen atoms in total. The van der Waals surface area contributed by atoms with Crippen LogP contribution in [0.1, 0.15) is 19.3 Å². The number of hydrogen-bond acceptors (Lipinski definition) is 4. The smallest absolute Gasteiger partial charge is 0.320 e. The molecule has 2 fully saturated rings. The maximum absolute atomic E-state index is 12.2. The number of urea groups is 1. The molecule has 1 saturated carbocycles. The van der Waals surface area contributed by atoms with Crippen molar-refractivity contribution in [1.29, 1.82) is 0 Å². The Hall–Kier alpha value is -1.34. The van der Waals surface area contributed by atoms with Crippen molar-refractivity contribution < 1.29 is 24.9 Å².